The Balaban J connectivity index is 2.37. The molecule has 2 rings (SSSR count). The lowest BCUT2D eigenvalue weighted by Crippen LogP contribution is -2.26. The van der Waals surface area contributed by atoms with Gasteiger partial charge < -0.3 is 10.0 Å². The Morgan fingerprint density at radius 2 is 1.76 bits per heavy atom. The smallest absolute Gasteiger partial charge is 0.276 e. The monoisotopic (exact) mass is 248 g/mol. The van der Waals surface area contributed by atoms with E-state index in [4.69, 9.17) is 12.2 Å². The quantitative estimate of drug-likeness (QED) is 0.603. The fourth-order valence-electron chi connectivity index (χ4n) is 1.62. The summed E-state index contributed by atoms with van der Waals surface area (Å²) in [6.45, 7) is 0. The van der Waals surface area contributed by atoms with Gasteiger partial charge in [-0.15, -0.1) is 0 Å². The molecule has 0 saturated carbocycles. The SMILES string of the molecule is CN1C(=O)/C(=C/c2ccc(O)cc2)N(C)C1=S. The number of benzene rings is 1. The van der Waals surface area contributed by atoms with E-state index in [9.17, 15) is 9.90 Å². The van der Waals surface area contributed by atoms with E-state index < -0.39 is 0 Å². The van der Waals surface area contributed by atoms with Crippen molar-refractivity contribution >= 4 is 29.3 Å². The van der Waals surface area contributed by atoms with E-state index >= 15 is 0 Å². The van der Waals surface area contributed by atoms with E-state index in [1.54, 1.807) is 49.3 Å². The Kier molecular flexibility index (Phi) is 2.85. The van der Waals surface area contributed by atoms with Crippen LogP contribution in [-0.4, -0.2) is 40.0 Å². The van der Waals surface area contributed by atoms with Gasteiger partial charge in [0, 0.05) is 14.1 Å². The second-order valence-corrected chi connectivity index (χ2v) is 4.19. The molecule has 0 radical (unpaired) electrons. The highest BCUT2D eigenvalue weighted by molar-refractivity contribution is 7.80. The van der Waals surface area contributed by atoms with Gasteiger partial charge in [-0.2, -0.15) is 0 Å². The van der Waals surface area contributed by atoms with Gasteiger partial charge in [-0.3, -0.25) is 9.69 Å². The number of hydrogen-bond acceptors (Lipinski definition) is 3. The summed E-state index contributed by atoms with van der Waals surface area (Å²) in [5, 5.41) is 9.66. The van der Waals surface area contributed by atoms with Crippen molar-refractivity contribution in [2.45, 2.75) is 0 Å². The van der Waals surface area contributed by atoms with E-state index in [0.717, 1.165) is 5.56 Å². The molecule has 1 N–H and O–H groups in total. The normalized spacial score (nSPS) is 18.4. The average Bonchev–Trinajstić information content (AvgIpc) is 2.50. The molecule has 1 aromatic carbocycles. The second-order valence-electron chi connectivity index (χ2n) is 3.83. The molecule has 0 atom stereocenters. The highest BCUT2D eigenvalue weighted by atomic mass is 32.1. The molecule has 17 heavy (non-hydrogen) atoms. The fourth-order valence-corrected chi connectivity index (χ4v) is 1.80. The van der Waals surface area contributed by atoms with Crippen LogP contribution in [0.25, 0.3) is 6.08 Å². The molecule has 1 amide bonds. The number of phenols is 1. The van der Waals surface area contributed by atoms with Crippen LogP contribution in [0.5, 0.6) is 5.75 Å². The minimum atomic E-state index is -0.120. The summed E-state index contributed by atoms with van der Waals surface area (Å²) >= 11 is 5.11. The van der Waals surface area contributed by atoms with Crippen LogP contribution in [0.15, 0.2) is 30.0 Å². The highest BCUT2D eigenvalue weighted by Crippen LogP contribution is 2.21. The van der Waals surface area contributed by atoms with Crippen LogP contribution in [0.3, 0.4) is 0 Å². The van der Waals surface area contributed by atoms with Gasteiger partial charge in [0.25, 0.3) is 5.91 Å². The first-order valence-electron chi connectivity index (χ1n) is 5.07. The molecule has 1 aliphatic rings. The molecule has 1 aliphatic heterocycles. The van der Waals surface area contributed by atoms with E-state index in [1.807, 2.05) is 0 Å². The first-order valence-corrected chi connectivity index (χ1v) is 5.48. The number of carbonyl (C=O) groups is 1. The maximum absolute atomic E-state index is 11.9. The molecule has 0 aliphatic carbocycles. The van der Waals surface area contributed by atoms with E-state index in [0.29, 0.717) is 10.8 Å². The number of phenolic OH excluding ortho intramolecular Hbond substituents is 1. The second kappa shape index (κ2) is 4.18. The van der Waals surface area contributed by atoms with Crippen molar-refractivity contribution in [3.8, 4) is 5.75 Å². The van der Waals surface area contributed by atoms with Gasteiger partial charge in [-0.1, -0.05) is 12.1 Å². The van der Waals surface area contributed by atoms with Crippen LogP contribution in [-0.2, 0) is 4.79 Å². The number of thiocarbonyl (C=S) groups is 1. The lowest BCUT2D eigenvalue weighted by molar-refractivity contribution is -0.121. The molecular weight excluding hydrogens is 236 g/mol. The van der Waals surface area contributed by atoms with Gasteiger partial charge in [0.15, 0.2) is 5.11 Å². The van der Waals surface area contributed by atoms with Gasteiger partial charge >= 0.3 is 0 Å². The van der Waals surface area contributed by atoms with Gasteiger partial charge in [0.2, 0.25) is 0 Å². The number of carbonyl (C=O) groups excluding carboxylic acids is 1. The first kappa shape index (κ1) is 11.6. The van der Waals surface area contributed by atoms with E-state index in [-0.39, 0.29) is 11.7 Å². The molecule has 0 aromatic heterocycles. The van der Waals surface area contributed by atoms with Gasteiger partial charge in [-0.25, -0.2) is 0 Å². The molecule has 1 fully saturated rings. The Hall–Kier alpha value is -1.88. The van der Waals surface area contributed by atoms with Crippen molar-refractivity contribution in [3.05, 3.63) is 35.5 Å². The molecule has 5 heteroatoms. The number of hydrogen-bond donors (Lipinski definition) is 1. The molecule has 4 nitrogen and oxygen atoms in total. The van der Waals surface area contributed by atoms with Crippen LogP contribution in [0, 0.1) is 0 Å². The summed E-state index contributed by atoms with van der Waals surface area (Å²) in [7, 11) is 3.41. The third kappa shape index (κ3) is 2.01. The first-order chi connectivity index (χ1) is 8.00. The number of aromatic hydroxyl groups is 1. The Bertz CT molecular complexity index is 508. The van der Waals surface area contributed by atoms with Crippen LogP contribution in [0.1, 0.15) is 5.56 Å². The maximum atomic E-state index is 11.9. The van der Waals surface area contributed by atoms with Crippen LogP contribution in [0.2, 0.25) is 0 Å². The Morgan fingerprint density at radius 1 is 1.18 bits per heavy atom. The summed E-state index contributed by atoms with van der Waals surface area (Å²) in [5.41, 5.74) is 1.37. The third-order valence-corrected chi connectivity index (χ3v) is 3.20. The van der Waals surface area contributed by atoms with Crippen LogP contribution >= 0.6 is 12.2 Å². The molecule has 88 valence electrons. The number of likely N-dealkylation sites (N-methyl/N-ethyl adjacent to an activating group) is 2. The summed E-state index contributed by atoms with van der Waals surface area (Å²) in [6.07, 6.45) is 1.75. The van der Waals surface area contributed by atoms with Gasteiger partial charge in [0.05, 0.1) is 0 Å². The minimum absolute atomic E-state index is 0.120. The zero-order valence-corrected chi connectivity index (χ0v) is 10.4. The zero-order valence-electron chi connectivity index (χ0n) is 9.54. The third-order valence-electron chi connectivity index (χ3n) is 2.66. The van der Waals surface area contributed by atoms with Crippen molar-refractivity contribution in [1.82, 2.24) is 9.80 Å². The molecule has 1 saturated heterocycles. The molecule has 1 aromatic rings. The summed E-state index contributed by atoms with van der Waals surface area (Å²) < 4.78 is 0. The lowest BCUT2D eigenvalue weighted by Gasteiger charge is -2.11. The summed E-state index contributed by atoms with van der Waals surface area (Å²) in [6, 6.07) is 6.64. The molecule has 0 unspecified atom stereocenters. The topological polar surface area (TPSA) is 43.8 Å². The van der Waals surface area contributed by atoms with Crippen molar-refractivity contribution in [2.24, 2.45) is 0 Å². The zero-order chi connectivity index (χ0) is 12.6. The van der Waals surface area contributed by atoms with Crippen molar-refractivity contribution < 1.29 is 9.90 Å². The van der Waals surface area contributed by atoms with Gasteiger partial charge in [0.1, 0.15) is 11.4 Å². The maximum Gasteiger partial charge on any atom is 0.276 e. The fraction of sp³-hybridized carbons (Fsp3) is 0.167. The predicted octanol–water partition coefficient (Wildman–Crippen LogP) is 1.42. The van der Waals surface area contributed by atoms with E-state index in [1.165, 1.54) is 4.90 Å². The molecule has 0 spiro atoms. The highest BCUT2D eigenvalue weighted by Gasteiger charge is 2.32. The van der Waals surface area contributed by atoms with E-state index in [2.05, 4.69) is 0 Å². The minimum Gasteiger partial charge on any atom is -0.508 e. The molecule has 1 heterocycles. The lowest BCUT2D eigenvalue weighted by atomic mass is 10.2. The molecular formula is C12H12N2O2S. The standard InChI is InChI=1S/C12H12N2O2S/c1-13-10(11(16)14(2)12(13)17)7-8-3-5-9(15)6-4-8/h3-7,15H,1-2H3/b10-7-. The van der Waals surface area contributed by atoms with Crippen molar-refractivity contribution in [3.63, 3.8) is 0 Å². The number of nitrogens with zero attached hydrogens (tertiary/aromatic N) is 2. The largest absolute Gasteiger partial charge is 0.508 e. The van der Waals surface area contributed by atoms with Crippen LogP contribution < -0.4 is 0 Å². The van der Waals surface area contributed by atoms with Gasteiger partial charge in [-0.05, 0) is 36.0 Å². The Labute approximate surface area is 105 Å². The van der Waals surface area contributed by atoms with Crippen molar-refractivity contribution in [2.75, 3.05) is 14.1 Å². The Morgan fingerprint density at radius 3 is 2.24 bits per heavy atom. The number of amides is 1. The predicted molar refractivity (Wildman–Crippen MR) is 69.2 cm³/mol. The average molecular weight is 248 g/mol. The van der Waals surface area contributed by atoms with Crippen LogP contribution in [0.4, 0.5) is 0 Å². The van der Waals surface area contributed by atoms with Crippen molar-refractivity contribution in [1.29, 1.82) is 0 Å². The molecule has 0 bridgehead atoms. The number of rotatable bonds is 1. The summed E-state index contributed by atoms with van der Waals surface area (Å²) in [5.74, 6) is 0.0801. The summed E-state index contributed by atoms with van der Waals surface area (Å²) in [4.78, 5) is 15.0.